The minimum Gasteiger partial charge on any atom is -0.390 e. The number of carbonyl (C=O) groups is 1. The molecule has 1 saturated heterocycles. The summed E-state index contributed by atoms with van der Waals surface area (Å²) in [5, 5.41) is 10.7. The first kappa shape index (κ1) is 15.9. The topological polar surface area (TPSA) is 40.5 Å². The van der Waals surface area contributed by atoms with Gasteiger partial charge in [0.2, 0.25) is 5.91 Å². The van der Waals surface area contributed by atoms with Gasteiger partial charge in [-0.15, -0.1) is 0 Å². The third kappa shape index (κ3) is 2.14. The molecule has 4 rings (SSSR count). The first-order valence-corrected chi connectivity index (χ1v) is 9.64. The summed E-state index contributed by atoms with van der Waals surface area (Å²) in [6, 6.07) is 0.441. The van der Waals surface area contributed by atoms with Crippen LogP contribution in [0.25, 0.3) is 0 Å². The lowest BCUT2D eigenvalue weighted by molar-refractivity contribution is -0.156. The highest BCUT2D eigenvalue weighted by Gasteiger charge is 2.61. The van der Waals surface area contributed by atoms with Gasteiger partial charge in [0.25, 0.3) is 0 Å². The molecule has 0 spiro atoms. The molecule has 0 radical (unpaired) electrons. The van der Waals surface area contributed by atoms with Crippen molar-refractivity contribution >= 4 is 5.91 Å². The van der Waals surface area contributed by atoms with Crippen LogP contribution in [0, 0.1) is 28.6 Å². The minimum atomic E-state index is -0.467. The minimum absolute atomic E-state index is 0.293. The zero-order valence-electron chi connectivity index (χ0n) is 15.3. The van der Waals surface area contributed by atoms with E-state index in [-0.39, 0.29) is 0 Å². The van der Waals surface area contributed by atoms with Crippen molar-refractivity contribution in [2.45, 2.75) is 83.8 Å². The number of piperidine rings is 1. The van der Waals surface area contributed by atoms with E-state index in [1.807, 2.05) is 14.0 Å². The molecule has 3 saturated carbocycles. The monoisotopic (exact) mass is 319 g/mol. The van der Waals surface area contributed by atoms with E-state index in [1.165, 1.54) is 19.3 Å². The van der Waals surface area contributed by atoms with Crippen LogP contribution in [-0.4, -0.2) is 34.6 Å². The van der Waals surface area contributed by atoms with Crippen molar-refractivity contribution in [2.75, 3.05) is 7.05 Å². The number of nitrogens with zero attached hydrogens (tertiary/aromatic N) is 1. The molecular weight excluding hydrogens is 286 g/mol. The zero-order chi connectivity index (χ0) is 16.6. The van der Waals surface area contributed by atoms with Crippen molar-refractivity contribution < 1.29 is 9.90 Å². The van der Waals surface area contributed by atoms with Crippen LogP contribution in [0.3, 0.4) is 0 Å². The molecule has 3 heteroatoms. The predicted molar refractivity (Wildman–Crippen MR) is 90.8 cm³/mol. The van der Waals surface area contributed by atoms with Crippen molar-refractivity contribution in [3.8, 4) is 0 Å². The van der Waals surface area contributed by atoms with Gasteiger partial charge in [-0.05, 0) is 80.5 Å². The maximum absolute atomic E-state index is 12.2. The lowest BCUT2D eigenvalue weighted by Gasteiger charge is -2.61. The molecule has 1 aliphatic heterocycles. The van der Waals surface area contributed by atoms with Crippen LogP contribution in [0.5, 0.6) is 0 Å². The third-order valence-corrected chi connectivity index (χ3v) is 8.52. The molecule has 0 aromatic rings. The van der Waals surface area contributed by atoms with Gasteiger partial charge < -0.3 is 10.0 Å². The maximum Gasteiger partial charge on any atom is 0.222 e. The summed E-state index contributed by atoms with van der Waals surface area (Å²) in [5.74, 6) is 2.52. The van der Waals surface area contributed by atoms with Gasteiger partial charge in [-0.25, -0.2) is 0 Å². The molecule has 4 fully saturated rings. The van der Waals surface area contributed by atoms with Crippen LogP contribution in [0.2, 0.25) is 0 Å². The highest BCUT2D eigenvalue weighted by Crippen LogP contribution is 2.66. The Morgan fingerprint density at radius 3 is 2.57 bits per heavy atom. The second-order valence-electron chi connectivity index (χ2n) is 10.1. The summed E-state index contributed by atoms with van der Waals surface area (Å²) in [5.41, 5.74) is 0.164. The van der Waals surface area contributed by atoms with Crippen molar-refractivity contribution in [3.63, 3.8) is 0 Å². The Bertz CT molecular complexity index is 530. The normalized spacial score (nSPS) is 56.0. The molecule has 7 atom stereocenters. The standard InChI is InChI=1S/C20H33NO2/c1-18-9-7-14-13(15(18)11-19(2,23)12-18)5-6-16-20(14,3)10-8-17(22)21(16)4/h13-16,23H,5-12H2,1-4H3/t13-,14-,15+,16?,18-,19?,20-/m1/s1. The van der Waals surface area contributed by atoms with Crippen molar-refractivity contribution in [1.29, 1.82) is 0 Å². The Labute approximate surface area is 140 Å². The summed E-state index contributed by atoms with van der Waals surface area (Å²) in [4.78, 5) is 14.2. The highest BCUT2D eigenvalue weighted by molar-refractivity contribution is 5.77. The first-order valence-electron chi connectivity index (χ1n) is 9.64. The number of hydrogen-bond donors (Lipinski definition) is 1. The molecular formula is C20H33NO2. The molecule has 130 valence electrons. The second-order valence-corrected chi connectivity index (χ2v) is 10.1. The summed E-state index contributed by atoms with van der Waals surface area (Å²) >= 11 is 0. The SMILES string of the molecule is CN1C(=O)CC[C@@]2(C)C1CC[C@@H]1[C@H]2CC[C@]2(C)CC(C)(O)C[C@@H]12. The number of amides is 1. The molecule has 4 aliphatic rings. The largest absolute Gasteiger partial charge is 0.390 e. The fourth-order valence-electron chi connectivity index (χ4n) is 7.58. The van der Waals surface area contributed by atoms with E-state index in [9.17, 15) is 9.90 Å². The van der Waals surface area contributed by atoms with Crippen LogP contribution in [0.4, 0.5) is 0 Å². The van der Waals surface area contributed by atoms with Crippen LogP contribution >= 0.6 is 0 Å². The lowest BCUT2D eigenvalue weighted by Crippen LogP contribution is -2.61. The maximum atomic E-state index is 12.2. The van der Waals surface area contributed by atoms with E-state index >= 15 is 0 Å². The smallest absolute Gasteiger partial charge is 0.222 e. The number of rotatable bonds is 0. The van der Waals surface area contributed by atoms with Crippen LogP contribution < -0.4 is 0 Å². The Morgan fingerprint density at radius 2 is 1.83 bits per heavy atom. The number of fused-ring (bicyclic) bond motifs is 5. The summed E-state index contributed by atoms with van der Waals surface area (Å²) < 4.78 is 0. The van der Waals surface area contributed by atoms with E-state index in [4.69, 9.17) is 0 Å². The number of likely N-dealkylation sites (tertiary alicyclic amines) is 1. The average Bonchev–Trinajstić information content (AvgIpc) is 2.72. The van der Waals surface area contributed by atoms with Gasteiger partial charge in [0, 0.05) is 19.5 Å². The van der Waals surface area contributed by atoms with Crippen LogP contribution in [0.1, 0.15) is 72.1 Å². The number of hydrogen-bond acceptors (Lipinski definition) is 2. The van der Waals surface area contributed by atoms with Gasteiger partial charge in [-0.2, -0.15) is 0 Å². The Morgan fingerprint density at radius 1 is 1.09 bits per heavy atom. The van der Waals surface area contributed by atoms with E-state index in [0.29, 0.717) is 28.7 Å². The van der Waals surface area contributed by atoms with E-state index in [1.54, 1.807) is 0 Å². The molecule has 1 N–H and O–H groups in total. The van der Waals surface area contributed by atoms with Gasteiger partial charge in [0.1, 0.15) is 0 Å². The van der Waals surface area contributed by atoms with Crippen LogP contribution in [0.15, 0.2) is 0 Å². The van der Waals surface area contributed by atoms with Gasteiger partial charge in [-0.3, -0.25) is 4.79 Å². The Balaban J connectivity index is 1.65. The zero-order valence-corrected chi connectivity index (χ0v) is 15.3. The Hall–Kier alpha value is -0.570. The molecule has 23 heavy (non-hydrogen) atoms. The number of carbonyl (C=O) groups excluding carboxylic acids is 1. The second kappa shape index (κ2) is 4.74. The first-order chi connectivity index (χ1) is 10.7. The lowest BCUT2D eigenvalue weighted by atomic mass is 9.47. The number of aliphatic hydroxyl groups is 1. The van der Waals surface area contributed by atoms with Crippen molar-refractivity contribution in [3.05, 3.63) is 0 Å². The quantitative estimate of drug-likeness (QED) is 0.741. The van der Waals surface area contributed by atoms with Crippen molar-refractivity contribution in [1.82, 2.24) is 4.90 Å². The average molecular weight is 319 g/mol. The third-order valence-electron chi connectivity index (χ3n) is 8.52. The molecule has 0 bridgehead atoms. The van der Waals surface area contributed by atoms with E-state index in [2.05, 4.69) is 18.7 Å². The van der Waals surface area contributed by atoms with Gasteiger partial charge in [0.05, 0.1) is 5.60 Å². The summed E-state index contributed by atoms with van der Waals surface area (Å²) in [6.45, 7) is 6.94. The van der Waals surface area contributed by atoms with Gasteiger partial charge in [-0.1, -0.05) is 13.8 Å². The molecule has 3 aliphatic carbocycles. The van der Waals surface area contributed by atoms with E-state index < -0.39 is 5.60 Å². The highest BCUT2D eigenvalue weighted by atomic mass is 16.3. The molecule has 1 amide bonds. The Kier molecular flexibility index (Phi) is 3.28. The van der Waals surface area contributed by atoms with Crippen molar-refractivity contribution in [2.24, 2.45) is 28.6 Å². The fraction of sp³-hybridized carbons (Fsp3) is 0.950. The molecule has 0 aromatic carbocycles. The van der Waals surface area contributed by atoms with E-state index in [0.717, 1.165) is 43.9 Å². The van der Waals surface area contributed by atoms with Gasteiger partial charge >= 0.3 is 0 Å². The molecule has 3 nitrogen and oxygen atoms in total. The fourth-order valence-corrected chi connectivity index (χ4v) is 7.58. The van der Waals surface area contributed by atoms with Crippen LogP contribution in [-0.2, 0) is 4.79 Å². The summed E-state index contributed by atoms with van der Waals surface area (Å²) in [6.07, 6.45) is 8.73. The molecule has 1 heterocycles. The molecule has 0 aromatic heterocycles. The molecule has 2 unspecified atom stereocenters. The van der Waals surface area contributed by atoms with Gasteiger partial charge in [0.15, 0.2) is 0 Å². The predicted octanol–water partition coefficient (Wildman–Crippen LogP) is 3.60. The summed E-state index contributed by atoms with van der Waals surface area (Å²) in [7, 11) is 2.03.